The van der Waals surface area contributed by atoms with E-state index in [-0.39, 0.29) is 12.7 Å². The third kappa shape index (κ3) is 3.05. The van der Waals surface area contributed by atoms with Crippen molar-refractivity contribution in [2.75, 3.05) is 6.79 Å². The van der Waals surface area contributed by atoms with Gasteiger partial charge in [0.15, 0.2) is 11.5 Å². The molecule has 1 unspecified atom stereocenters. The Kier molecular flexibility index (Phi) is 4.36. The van der Waals surface area contributed by atoms with Gasteiger partial charge in [-0.1, -0.05) is 24.3 Å². The Hall–Kier alpha value is -3.85. The number of carbonyl (C=O) groups is 1. The van der Waals surface area contributed by atoms with E-state index in [1.807, 2.05) is 42.5 Å². The fourth-order valence-corrected chi connectivity index (χ4v) is 4.04. The molecule has 1 atom stereocenters. The van der Waals surface area contributed by atoms with Gasteiger partial charge in [0.1, 0.15) is 6.04 Å². The van der Waals surface area contributed by atoms with Crippen molar-refractivity contribution < 1.29 is 14.3 Å². The second-order valence-electron chi connectivity index (χ2n) is 7.44. The van der Waals surface area contributed by atoms with Gasteiger partial charge in [0.05, 0.1) is 22.8 Å². The monoisotopic (exact) mass is 397 g/mol. The molecule has 2 aliphatic rings. The van der Waals surface area contributed by atoms with Crippen LogP contribution >= 0.6 is 0 Å². The summed E-state index contributed by atoms with van der Waals surface area (Å²) >= 11 is 0. The number of benzene rings is 2. The summed E-state index contributed by atoms with van der Waals surface area (Å²) < 4.78 is 10.9. The average Bonchev–Trinajstić information content (AvgIpc) is 3.38. The molecular formula is C24H19N3O3. The van der Waals surface area contributed by atoms with Crippen molar-refractivity contribution in [3.63, 3.8) is 0 Å². The van der Waals surface area contributed by atoms with Crippen LogP contribution in [0.4, 0.5) is 0 Å². The van der Waals surface area contributed by atoms with E-state index >= 15 is 0 Å². The number of rotatable bonds is 3. The van der Waals surface area contributed by atoms with Crippen LogP contribution in [0.3, 0.4) is 0 Å². The van der Waals surface area contributed by atoms with Crippen LogP contribution in [0.2, 0.25) is 0 Å². The lowest BCUT2D eigenvalue weighted by Crippen LogP contribution is -2.32. The number of hydrogen-bond donors (Lipinski definition) is 1. The Morgan fingerprint density at radius 3 is 2.90 bits per heavy atom. The summed E-state index contributed by atoms with van der Waals surface area (Å²) in [4.78, 5) is 17.9. The zero-order chi connectivity index (χ0) is 20.7. The molecule has 2 heterocycles. The highest BCUT2D eigenvalue weighted by Gasteiger charge is 2.27. The largest absolute Gasteiger partial charge is 0.454 e. The first kappa shape index (κ1) is 18.2. The Morgan fingerprint density at radius 1 is 1.20 bits per heavy atom. The lowest BCUT2D eigenvalue weighted by atomic mass is 9.99. The molecule has 2 aromatic carbocycles. The Labute approximate surface area is 173 Å². The van der Waals surface area contributed by atoms with Gasteiger partial charge in [0, 0.05) is 5.39 Å². The van der Waals surface area contributed by atoms with Gasteiger partial charge in [-0.05, 0) is 60.7 Å². The third-order valence-corrected chi connectivity index (χ3v) is 5.45. The minimum atomic E-state index is -0.565. The number of hydrogen-bond acceptors (Lipinski definition) is 5. The zero-order valence-corrected chi connectivity index (χ0v) is 16.4. The summed E-state index contributed by atoms with van der Waals surface area (Å²) in [6.07, 6.45) is 3.61. The highest BCUT2D eigenvalue weighted by Crippen LogP contribution is 2.39. The molecule has 1 amide bonds. The number of para-hydroxylation sites is 1. The molecule has 1 aromatic heterocycles. The molecular weight excluding hydrogens is 378 g/mol. The summed E-state index contributed by atoms with van der Waals surface area (Å²) in [5.74, 6) is 1.25. The molecule has 30 heavy (non-hydrogen) atoms. The van der Waals surface area contributed by atoms with Crippen molar-refractivity contribution in [3.8, 4) is 17.6 Å². The number of nitrogens with zero attached hydrogens (tertiary/aromatic N) is 2. The average molecular weight is 397 g/mol. The van der Waals surface area contributed by atoms with Gasteiger partial charge in [-0.25, -0.2) is 4.98 Å². The van der Waals surface area contributed by atoms with Crippen molar-refractivity contribution in [2.24, 2.45) is 0 Å². The van der Waals surface area contributed by atoms with Crippen molar-refractivity contribution in [1.29, 1.82) is 5.26 Å². The fraction of sp³-hybridized carbons (Fsp3) is 0.208. The molecule has 0 spiro atoms. The fourth-order valence-electron chi connectivity index (χ4n) is 4.04. The number of allylic oxidation sites excluding steroid dienone is 1. The highest BCUT2D eigenvalue weighted by atomic mass is 16.7. The zero-order valence-electron chi connectivity index (χ0n) is 16.4. The van der Waals surface area contributed by atoms with Gasteiger partial charge in [-0.3, -0.25) is 4.79 Å². The molecule has 0 bridgehead atoms. The summed E-state index contributed by atoms with van der Waals surface area (Å²) in [6, 6.07) is 15.0. The molecule has 6 nitrogen and oxygen atoms in total. The van der Waals surface area contributed by atoms with Gasteiger partial charge in [-0.15, -0.1) is 0 Å². The molecule has 0 radical (unpaired) electrons. The summed E-state index contributed by atoms with van der Waals surface area (Å²) in [7, 11) is 0. The molecule has 3 aromatic rings. The number of nitrogens with one attached hydrogen (secondary N) is 1. The molecule has 1 N–H and O–H groups in total. The molecule has 0 saturated heterocycles. The molecule has 148 valence electrons. The van der Waals surface area contributed by atoms with Crippen LogP contribution in [-0.2, 0) is 6.42 Å². The summed E-state index contributed by atoms with van der Waals surface area (Å²) in [5, 5.41) is 12.7. The predicted molar refractivity (Wildman–Crippen MR) is 113 cm³/mol. The minimum Gasteiger partial charge on any atom is -0.454 e. The Balaban J connectivity index is 1.62. The van der Waals surface area contributed by atoms with E-state index in [1.54, 1.807) is 6.92 Å². The van der Waals surface area contributed by atoms with Gasteiger partial charge < -0.3 is 14.8 Å². The molecule has 0 saturated carbocycles. The van der Waals surface area contributed by atoms with Crippen molar-refractivity contribution in [3.05, 3.63) is 64.8 Å². The molecule has 1 aliphatic heterocycles. The van der Waals surface area contributed by atoms with Crippen LogP contribution in [0.15, 0.2) is 42.5 Å². The van der Waals surface area contributed by atoms with Crippen LogP contribution in [-0.4, -0.2) is 23.7 Å². The van der Waals surface area contributed by atoms with E-state index < -0.39 is 6.04 Å². The molecule has 1 aliphatic carbocycles. The number of aromatic nitrogens is 1. The van der Waals surface area contributed by atoms with Crippen LogP contribution in [0.25, 0.3) is 22.6 Å². The minimum absolute atomic E-state index is 0.233. The Morgan fingerprint density at radius 2 is 2.03 bits per heavy atom. The normalized spacial score (nSPS) is 16.3. The van der Waals surface area contributed by atoms with E-state index in [4.69, 9.17) is 19.7 Å². The number of pyridine rings is 1. The standard InChI is InChI=1S/C24H19N3O3/c1-14(12-25)26-24(28)22-17-4-2-3-5-19(17)27-23-16(7-8-18(22)23)10-15-6-9-20-21(11-15)30-13-29-20/h2-6,9-11,14H,7-8,13H2,1H3,(H,26,28)/b16-10-. The third-order valence-electron chi connectivity index (χ3n) is 5.45. The van der Waals surface area contributed by atoms with E-state index in [9.17, 15) is 4.79 Å². The van der Waals surface area contributed by atoms with Crippen LogP contribution in [0, 0.1) is 11.3 Å². The number of carbonyl (C=O) groups excluding carboxylic acids is 1. The number of nitriles is 1. The van der Waals surface area contributed by atoms with E-state index in [0.717, 1.165) is 57.6 Å². The van der Waals surface area contributed by atoms with Gasteiger partial charge >= 0.3 is 0 Å². The summed E-state index contributed by atoms with van der Waals surface area (Å²) in [5.41, 5.74) is 5.25. The second-order valence-corrected chi connectivity index (χ2v) is 7.44. The van der Waals surface area contributed by atoms with Gasteiger partial charge in [0.2, 0.25) is 6.79 Å². The topological polar surface area (TPSA) is 84.2 Å². The summed E-state index contributed by atoms with van der Waals surface area (Å²) in [6.45, 7) is 1.91. The van der Waals surface area contributed by atoms with E-state index in [2.05, 4.69) is 17.5 Å². The highest BCUT2D eigenvalue weighted by molar-refractivity contribution is 6.09. The maximum Gasteiger partial charge on any atom is 0.253 e. The molecule has 0 fully saturated rings. The van der Waals surface area contributed by atoms with Crippen LogP contribution in [0.5, 0.6) is 11.5 Å². The number of amides is 1. The maximum atomic E-state index is 13.0. The lowest BCUT2D eigenvalue weighted by Gasteiger charge is -2.13. The number of fused-ring (bicyclic) bond motifs is 3. The first-order valence-corrected chi connectivity index (χ1v) is 9.87. The second kappa shape index (κ2) is 7.20. The van der Waals surface area contributed by atoms with Crippen molar-refractivity contribution in [1.82, 2.24) is 10.3 Å². The van der Waals surface area contributed by atoms with Crippen LogP contribution < -0.4 is 14.8 Å². The smallest absolute Gasteiger partial charge is 0.253 e. The van der Waals surface area contributed by atoms with E-state index in [0.29, 0.717) is 5.56 Å². The van der Waals surface area contributed by atoms with Gasteiger partial charge in [-0.2, -0.15) is 5.26 Å². The van der Waals surface area contributed by atoms with Gasteiger partial charge in [0.25, 0.3) is 5.91 Å². The quantitative estimate of drug-likeness (QED) is 0.720. The maximum absolute atomic E-state index is 13.0. The lowest BCUT2D eigenvalue weighted by molar-refractivity contribution is 0.0948. The van der Waals surface area contributed by atoms with E-state index in [1.165, 1.54) is 0 Å². The molecule has 5 rings (SSSR count). The van der Waals surface area contributed by atoms with Crippen molar-refractivity contribution in [2.45, 2.75) is 25.8 Å². The molecule has 6 heteroatoms. The first-order chi connectivity index (χ1) is 14.6. The first-order valence-electron chi connectivity index (χ1n) is 9.87. The Bertz CT molecular complexity index is 1260. The van der Waals surface area contributed by atoms with Crippen molar-refractivity contribution >= 4 is 28.5 Å². The number of ether oxygens (including phenoxy) is 2. The predicted octanol–water partition coefficient (Wildman–Crippen LogP) is 4.09. The van der Waals surface area contributed by atoms with Crippen LogP contribution in [0.1, 0.15) is 40.5 Å². The SMILES string of the molecule is CC(C#N)NC(=O)c1c2c(nc3ccccc13)/C(=C\c1ccc3c(c1)OCO3)CC2.